The van der Waals surface area contributed by atoms with Crippen molar-refractivity contribution in [3.05, 3.63) is 30.9 Å². The molecule has 1 unspecified atom stereocenters. The van der Waals surface area contributed by atoms with E-state index in [-0.39, 0.29) is 11.9 Å². The summed E-state index contributed by atoms with van der Waals surface area (Å²) in [6.45, 7) is 7.93. The fourth-order valence-electron chi connectivity index (χ4n) is 2.52. The van der Waals surface area contributed by atoms with Crippen LogP contribution in [0.25, 0.3) is 0 Å². The molecule has 1 atom stereocenters. The second-order valence-electron chi connectivity index (χ2n) is 4.71. The maximum absolute atomic E-state index is 11.7. The SMILES string of the molecule is C=CC(=O)NC(c1nccn1CC)C1CCOCC1. The van der Waals surface area contributed by atoms with Crippen LogP contribution in [0, 0.1) is 5.92 Å². The normalized spacial score (nSPS) is 17.9. The third-order valence-electron chi connectivity index (χ3n) is 3.59. The minimum atomic E-state index is -0.151. The number of nitrogens with one attached hydrogen (secondary N) is 1. The Morgan fingerprint density at radius 1 is 1.68 bits per heavy atom. The van der Waals surface area contributed by atoms with Crippen molar-refractivity contribution in [3.63, 3.8) is 0 Å². The van der Waals surface area contributed by atoms with Crippen molar-refractivity contribution in [1.82, 2.24) is 14.9 Å². The first kappa shape index (κ1) is 13.8. The first-order valence-corrected chi connectivity index (χ1v) is 6.78. The molecule has 1 N–H and O–H groups in total. The number of nitrogens with zero attached hydrogens (tertiary/aromatic N) is 2. The number of ether oxygens (including phenoxy) is 1. The second kappa shape index (κ2) is 6.52. The standard InChI is InChI=1S/C14H21N3O2/c1-3-12(18)16-13(11-5-9-19-10-6-11)14-15-7-8-17(14)4-2/h3,7-8,11,13H,1,4-6,9-10H2,2H3,(H,16,18). The zero-order valence-electron chi connectivity index (χ0n) is 11.3. The number of aromatic nitrogens is 2. The fraction of sp³-hybridized carbons (Fsp3) is 0.571. The molecule has 5 nitrogen and oxygen atoms in total. The molecule has 104 valence electrons. The molecule has 1 saturated heterocycles. The van der Waals surface area contributed by atoms with Crippen molar-refractivity contribution in [2.45, 2.75) is 32.4 Å². The lowest BCUT2D eigenvalue weighted by molar-refractivity contribution is -0.118. The lowest BCUT2D eigenvalue weighted by Gasteiger charge is -2.30. The summed E-state index contributed by atoms with van der Waals surface area (Å²) in [4.78, 5) is 16.1. The van der Waals surface area contributed by atoms with Crippen LogP contribution in [0.1, 0.15) is 31.6 Å². The summed E-state index contributed by atoms with van der Waals surface area (Å²) >= 11 is 0. The van der Waals surface area contributed by atoms with E-state index in [9.17, 15) is 4.79 Å². The molecule has 1 amide bonds. The first-order chi connectivity index (χ1) is 9.26. The fourth-order valence-corrected chi connectivity index (χ4v) is 2.52. The Kier molecular flexibility index (Phi) is 4.74. The molecule has 19 heavy (non-hydrogen) atoms. The third-order valence-corrected chi connectivity index (χ3v) is 3.59. The molecule has 1 fully saturated rings. The van der Waals surface area contributed by atoms with Gasteiger partial charge in [0.05, 0.1) is 6.04 Å². The number of amides is 1. The van der Waals surface area contributed by atoms with Gasteiger partial charge in [-0.25, -0.2) is 4.98 Å². The minimum Gasteiger partial charge on any atom is -0.381 e. The summed E-state index contributed by atoms with van der Waals surface area (Å²) in [5.74, 6) is 1.14. The summed E-state index contributed by atoms with van der Waals surface area (Å²) in [7, 11) is 0. The highest BCUT2D eigenvalue weighted by molar-refractivity contribution is 5.87. The predicted molar refractivity (Wildman–Crippen MR) is 72.5 cm³/mol. The van der Waals surface area contributed by atoms with Gasteiger partial charge in [-0.05, 0) is 31.8 Å². The summed E-state index contributed by atoms with van der Waals surface area (Å²) < 4.78 is 7.47. The van der Waals surface area contributed by atoms with E-state index in [1.165, 1.54) is 6.08 Å². The van der Waals surface area contributed by atoms with Crippen molar-refractivity contribution >= 4 is 5.91 Å². The average Bonchev–Trinajstić information content (AvgIpc) is 2.93. The number of carbonyl (C=O) groups is 1. The van der Waals surface area contributed by atoms with E-state index in [4.69, 9.17) is 4.74 Å². The zero-order valence-corrected chi connectivity index (χ0v) is 11.3. The van der Waals surface area contributed by atoms with Gasteiger partial charge >= 0.3 is 0 Å². The molecule has 0 saturated carbocycles. The van der Waals surface area contributed by atoms with Gasteiger partial charge in [0.2, 0.25) is 5.91 Å². The van der Waals surface area contributed by atoms with E-state index in [1.54, 1.807) is 6.20 Å². The van der Waals surface area contributed by atoms with Crippen LogP contribution in [0.5, 0.6) is 0 Å². The van der Waals surface area contributed by atoms with E-state index in [1.807, 2.05) is 6.20 Å². The maximum atomic E-state index is 11.7. The van der Waals surface area contributed by atoms with Crippen molar-refractivity contribution in [2.75, 3.05) is 13.2 Å². The number of aryl methyl sites for hydroxylation is 1. The summed E-state index contributed by atoms with van der Waals surface area (Å²) in [6, 6.07) is -0.0654. The van der Waals surface area contributed by atoms with Gasteiger partial charge in [-0.1, -0.05) is 6.58 Å². The van der Waals surface area contributed by atoms with Crippen molar-refractivity contribution in [2.24, 2.45) is 5.92 Å². The maximum Gasteiger partial charge on any atom is 0.243 e. The molecule has 1 aromatic heterocycles. The first-order valence-electron chi connectivity index (χ1n) is 6.78. The van der Waals surface area contributed by atoms with E-state index in [0.717, 1.165) is 38.4 Å². The van der Waals surface area contributed by atoms with Gasteiger partial charge in [0, 0.05) is 32.2 Å². The molecule has 2 heterocycles. The van der Waals surface area contributed by atoms with Crippen LogP contribution in [0.3, 0.4) is 0 Å². The Morgan fingerprint density at radius 3 is 3.05 bits per heavy atom. The minimum absolute atomic E-state index is 0.0654. The lowest BCUT2D eigenvalue weighted by atomic mass is 9.91. The third kappa shape index (κ3) is 3.23. The molecular formula is C14H21N3O2. The van der Waals surface area contributed by atoms with E-state index in [2.05, 4.69) is 28.4 Å². The molecule has 0 radical (unpaired) electrons. The number of hydrogen-bond donors (Lipinski definition) is 1. The Bertz CT molecular complexity index is 436. The molecule has 2 rings (SSSR count). The zero-order chi connectivity index (χ0) is 13.7. The molecule has 1 aromatic rings. The number of rotatable bonds is 5. The van der Waals surface area contributed by atoms with Crippen LogP contribution in [-0.4, -0.2) is 28.7 Å². The monoisotopic (exact) mass is 263 g/mol. The Hall–Kier alpha value is -1.62. The largest absolute Gasteiger partial charge is 0.381 e. The Morgan fingerprint density at radius 2 is 2.42 bits per heavy atom. The topological polar surface area (TPSA) is 56.2 Å². The molecular weight excluding hydrogens is 242 g/mol. The van der Waals surface area contributed by atoms with Gasteiger partial charge in [-0.15, -0.1) is 0 Å². The van der Waals surface area contributed by atoms with Crippen LogP contribution in [0.2, 0.25) is 0 Å². The molecule has 0 aromatic carbocycles. The van der Waals surface area contributed by atoms with Crippen LogP contribution in [0.15, 0.2) is 25.0 Å². The van der Waals surface area contributed by atoms with Gasteiger partial charge < -0.3 is 14.6 Å². The number of hydrogen-bond acceptors (Lipinski definition) is 3. The highest BCUT2D eigenvalue weighted by Crippen LogP contribution is 2.29. The second-order valence-corrected chi connectivity index (χ2v) is 4.71. The van der Waals surface area contributed by atoms with Gasteiger partial charge in [-0.2, -0.15) is 0 Å². The lowest BCUT2D eigenvalue weighted by Crippen LogP contribution is -2.36. The summed E-state index contributed by atoms with van der Waals surface area (Å²) in [5, 5.41) is 3.02. The van der Waals surface area contributed by atoms with Gasteiger partial charge in [0.25, 0.3) is 0 Å². The molecule has 0 aliphatic carbocycles. The Labute approximate surface area is 113 Å². The highest BCUT2D eigenvalue weighted by Gasteiger charge is 2.29. The van der Waals surface area contributed by atoms with Gasteiger partial charge in [0.15, 0.2) is 0 Å². The smallest absolute Gasteiger partial charge is 0.243 e. The molecule has 1 aliphatic heterocycles. The molecule has 0 bridgehead atoms. The summed E-state index contributed by atoms with van der Waals surface area (Å²) in [5.41, 5.74) is 0. The van der Waals surface area contributed by atoms with E-state index in [0.29, 0.717) is 5.92 Å². The average molecular weight is 263 g/mol. The number of imidazole rings is 1. The highest BCUT2D eigenvalue weighted by atomic mass is 16.5. The molecule has 0 spiro atoms. The predicted octanol–water partition coefficient (Wildman–Crippen LogP) is 1.67. The molecule has 1 aliphatic rings. The van der Waals surface area contributed by atoms with E-state index >= 15 is 0 Å². The van der Waals surface area contributed by atoms with Crippen LogP contribution in [0.4, 0.5) is 0 Å². The number of carbonyl (C=O) groups excluding carboxylic acids is 1. The van der Waals surface area contributed by atoms with Crippen LogP contribution >= 0.6 is 0 Å². The summed E-state index contributed by atoms with van der Waals surface area (Å²) in [6.07, 6.45) is 6.93. The van der Waals surface area contributed by atoms with E-state index < -0.39 is 0 Å². The van der Waals surface area contributed by atoms with Crippen molar-refractivity contribution in [1.29, 1.82) is 0 Å². The quantitative estimate of drug-likeness (QED) is 0.822. The van der Waals surface area contributed by atoms with Gasteiger partial charge in [0.1, 0.15) is 5.82 Å². The Balaban J connectivity index is 2.22. The van der Waals surface area contributed by atoms with Crippen LogP contribution < -0.4 is 5.32 Å². The van der Waals surface area contributed by atoms with Crippen LogP contribution in [-0.2, 0) is 16.1 Å². The van der Waals surface area contributed by atoms with Crippen molar-refractivity contribution < 1.29 is 9.53 Å². The van der Waals surface area contributed by atoms with Crippen molar-refractivity contribution in [3.8, 4) is 0 Å². The van der Waals surface area contributed by atoms with Gasteiger partial charge in [-0.3, -0.25) is 4.79 Å². The molecule has 5 heteroatoms.